The third kappa shape index (κ3) is 2.19. The summed E-state index contributed by atoms with van der Waals surface area (Å²) in [5.41, 5.74) is 1.09. The van der Waals surface area contributed by atoms with Crippen LogP contribution < -0.4 is 0 Å². The maximum Gasteiger partial charge on any atom is 0.0534 e. The van der Waals surface area contributed by atoms with E-state index in [4.69, 9.17) is 5.11 Å². The fourth-order valence-electron chi connectivity index (χ4n) is 1.05. The van der Waals surface area contributed by atoms with E-state index in [1.165, 1.54) is 0 Å². The molecule has 1 rings (SSSR count). The predicted molar refractivity (Wildman–Crippen MR) is 54.2 cm³/mol. The first kappa shape index (κ1) is 9.49. The van der Waals surface area contributed by atoms with Crippen LogP contribution in [-0.4, -0.2) is 11.7 Å². The molecule has 0 heterocycles. The Morgan fingerprint density at radius 2 is 2.33 bits per heavy atom. The van der Waals surface area contributed by atoms with E-state index in [9.17, 15) is 0 Å². The van der Waals surface area contributed by atoms with Crippen molar-refractivity contribution in [3.05, 3.63) is 47.0 Å². The van der Waals surface area contributed by atoms with E-state index in [-0.39, 0.29) is 12.5 Å². The molecule has 1 aromatic carbocycles. The van der Waals surface area contributed by atoms with Crippen molar-refractivity contribution in [3.63, 3.8) is 0 Å². The summed E-state index contributed by atoms with van der Waals surface area (Å²) in [6.45, 7) is 3.77. The highest BCUT2D eigenvalue weighted by Gasteiger charge is 2.04. The van der Waals surface area contributed by atoms with Gasteiger partial charge in [-0.3, -0.25) is 0 Å². The minimum absolute atomic E-state index is 0.0440. The molecule has 0 aromatic heterocycles. The van der Waals surface area contributed by atoms with Gasteiger partial charge >= 0.3 is 0 Å². The Labute approximate surface area is 80.9 Å². The molecule has 0 saturated heterocycles. The van der Waals surface area contributed by atoms with Crippen LogP contribution in [0.4, 0.5) is 0 Å². The zero-order valence-electron chi connectivity index (χ0n) is 6.70. The lowest BCUT2D eigenvalue weighted by atomic mass is 10.0. The zero-order chi connectivity index (χ0) is 8.97. The number of halogens is 1. The second-order valence-electron chi connectivity index (χ2n) is 2.58. The summed E-state index contributed by atoms with van der Waals surface area (Å²) in [5, 5.41) is 8.98. The summed E-state index contributed by atoms with van der Waals surface area (Å²) in [6, 6.07) is 7.88. The molecule has 0 unspecified atom stereocenters. The van der Waals surface area contributed by atoms with Crippen molar-refractivity contribution in [2.45, 2.75) is 5.92 Å². The Bertz CT molecular complexity index is 270. The quantitative estimate of drug-likeness (QED) is 0.787. The first-order valence-corrected chi connectivity index (χ1v) is 4.56. The summed E-state index contributed by atoms with van der Waals surface area (Å²) in [7, 11) is 0. The van der Waals surface area contributed by atoms with Crippen LogP contribution in [0.3, 0.4) is 0 Å². The third-order valence-electron chi connectivity index (χ3n) is 1.76. The number of benzene rings is 1. The molecule has 2 heteroatoms. The van der Waals surface area contributed by atoms with E-state index >= 15 is 0 Å². The highest BCUT2D eigenvalue weighted by atomic mass is 79.9. The predicted octanol–water partition coefficient (Wildman–Crippen LogP) is 2.71. The molecule has 0 aliphatic carbocycles. The Morgan fingerprint density at radius 1 is 1.58 bits per heavy atom. The standard InChI is InChI=1S/C10H11BrO/c1-2-8(7-12)9-4-3-5-10(11)6-9/h2-6,8,12H,1,7H2/t8-/m0/s1. The van der Waals surface area contributed by atoms with Gasteiger partial charge in [-0.25, -0.2) is 0 Å². The largest absolute Gasteiger partial charge is 0.395 e. The van der Waals surface area contributed by atoms with E-state index in [1.54, 1.807) is 6.08 Å². The van der Waals surface area contributed by atoms with Crippen LogP contribution in [0.5, 0.6) is 0 Å². The molecule has 0 amide bonds. The molecular formula is C10H11BrO. The molecule has 1 atom stereocenters. The highest BCUT2D eigenvalue weighted by molar-refractivity contribution is 9.10. The van der Waals surface area contributed by atoms with E-state index in [1.807, 2.05) is 24.3 Å². The first-order valence-electron chi connectivity index (χ1n) is 3.77. The molecule has 1 N–H and O–H groups in total. The highest BCUT2D eigenvalue weighted by Crippen LogP contribution is 2.20. The van der Waals surface area contributed by atoms with Crippen LogP contribution >= 0.6 is 15.9 Å². The van der Waals surface area contributed by atoms with Gasteiger partial charge in [0.2, 0.25) is 0 Å². The average Bonchev–Trinajstić information content (AvgIpc) is 2.07. The molecule has 0 spiro atoms. The van der Waals surface area contributed by atoms with Crippen molar-refractivity contribution >= 4 is 15.9 Å². The van der Waals surface area contributed by atoms with Crippen LogP contribution in [0.2, 0.25) is 0 Å². The Morgan fingerprint density at radius 3 is 2.83 bits per heavy atom. The molecule has 12 heavy (non-hydrogen) atoms. The summed E-state index contributed by atoms with van der Waals surface area (Å²) < 4.78 is 1.03. The fraction of sp³-hybridized carbons (Fsp3) is 0.200. The SMILES string of the molecule is C=C[C@@H](CO)c1cccc(Br)c1. The van der Waals surface area contributed by atoms with Crippen LogP contribution in [-0.2, 0) is 0 Å². The Kier molecular flexibility index (Phi) is 3.50. The average molecular weight is 227 g/mol. The molecule has 0 aliphatic rings. The van der Waals surface area contributed by atoms with E-state index in [0.29, 0.717) is 0 Å². The van der Waals surface area contributed by atoms with Crippen LogP contribution in [0.15, 0.2) is 41.4 Å². The minimum atomic E-state index is 0.0440. The van der Waals surface area contributed by atoms with Gasteiger partial charge < -0.3 is 5.11 Å². The number of hydrogen-bond donors (Lipinski definition) is 1. The van der Waals surface area contributed by atoms with Crippen molar-refractivity contribution < 1.29 is 5.11 Å². The van der Waals surface area contributed by atoms with Crippen LogP contribution in [0.1, 0.15) is 11.5 Å². The van der Waals surface area contributed by atoms with Gasteiger partial charge in [0.25, 0.3) is 0 Å². The van der Waals surface area contributed by atoms with Gasteiger partial charge in [-0.05, 0) is 17.7 Å². The second-order valence-corrected chi connectivity index (χ2v) is 3.50. The normalized spacial score (nSPS) is 12.5. The van der Waals surface area contributed by atoms with Gasteiger partial charge in [0.15, 0.2) is 0 Å². The number of aliphatic hydroxyl groups is 1. The topological polar surface area (TPSA) is 20.2 Å². The third-order valence-corrected chi connectivity index (χ3v) is 2.25. The summed E-state index contributed by atoms with van der Waals surface area (Å²) in [4.78, 5) is 0. The van der Waals surface area contributed by atoms with Crippen molar-refractivity contribution in [1.29, 1.82) is 0 Å². The summed E-state index contributed by atoms with van der Waals surface area (Å²) in [5.74, 6) is 0.0440. The van der Waals surface area contributed by atoms with Gasteiger partial charge in [0, 0.05) is 10.4 Å². The van der Waals surface area contributed by atoms with Gasteiger partial charge in [0.05, 0.1) is 6.61 Å². The van der Waals surface area contributed by atoms with E-state index in [0.717, 1.165) is 10.0 Å². The fourth-order valence-corrected chi connectivity index (χ4v) is 1.47. The molecule has 0 saturated carbocycles. The van der Waals surface area contributed by atoms with Crippen LogP contribution in [0.25, 0.3) is 0 Å². The lowest BCUT2D eigenvalue weighted by Crippen LogP contribution is -1.99. The monoisotopic (exact) mass is 226 g/mol. The van der Waals surface area contributed by atoms with Crippen molar-refractivity contribution in [2.24, 2.45) is 0 Å². The van der Waals surface area contributed by atoms with E-state index in [2.05, 4.69) is 22.5 Å². The van der Waals surface area contributed by atoms with Crippen molar-refractivity contribution in [1.82, 2.24) is 0 Å². The Hall–Kier alpha value is -0.600. The number of rotatable bonds is 3. The molecule has 0 radical (unpaired) electrons. The summed E-state index contributed by atoms with van der Waals surface area (Å²) >= 11 is 3.37. The molecule has 0 bridgehead atoms. The molecule has 0 fully saturated rings. The van der Waals surface area contributed by atoms with Crippen molar-refractivity contribution in [2.75, 3.05) is 6.61 Å². The Balaban J connectivity index is 2.93. The van der Waals surface area contributed by atoms with Crippen LogP contribution in [0, 0.1) is 0 Å². The molecule has 1 nitrogen and oxygen atoms in total. The molecule has 1 aromatic rings. The zero-order valence-corrected chi connectivity index (χ0v) is 8.29. The maximum absolute atomic E-state index is 8.98. The second kappa shape index (κ2) is 4.43. The van der Waals surface area contributed by atoms with Gasteiger partial charge in [-0.15, -0.1) is 6.58 Å². The molecule has 0 aliphatic heterocycles. The molecular weight excluding hydrogens is 216 g/mol. The lowest BCUT2D eigenvalue weighted by molar-refractivity contribution is 0.283. The molecule has 64 valence electrons. The van der Waals surface area contributed by atoms with E-state index < -0.39 is 0 Å². The van der Waals surface area contributed by atoms with Gasteiger partial charge in [-0.2, -0.15) is 0 Å². The van der Waals surface area contributed by atoms with Gasteiger partial charge in [0.1, 0.15) is 0 Å². The van der Waals surface area contributed by atoms with Crippen molar-refractivity contribution in [3.8, 4) is 0 Å². The summed E-state index contributed by atoms with van der Waals surface area (Å²) in [6.07, 6.45) is 1.75. The maximum atomic E-state index is 8.98. The van der Waals surface area contributed by atoms with Gasteiger partial charge in [-0.1, -0.05) is 34.1 Å². The first-order chi connectivity index (χ1) is 5.77. The number of hydrogen-bond acceptors (Lipinski definition) is 1. The lowest BCUT2D eigenvalue weighted by Gasteiger charge is -2.08. The minimum Gasteiger partial charge on any atom is -0.395 e. The number of aliphatic hydroxyl groups excluding tert-OH is 1. The smallest absolute Gasteiger partial charge is 0.0534 e.